The molecule has 3 N–H and O–H groups in total. The molecule has 0 amide bonds. The molecule has 0 heterocycles. The van der Waals surface area contributed by atoms with Gasteiger partial charge in [0.15, 0.2) is 0 Å². The van der Waals surface area contributed by atoms with Gasteiger partial charge in [-0.3, -0.25) is 4.90 Å². The van der Waals surface area contributed by atoms with Crippen molar-refractivity contribution in [3.63, 3.8) is 0 Å². The molecule has 1 aromatic rings. The van der Waals surface area contributed by atoms with Crippen LogP contribution in [0.15, 0.2) is 24.3 Å². The number of aliphatic hydroxyl groups is 1. The second kappa shape index (κ2) is 8.08. The van der Waals surface area contributed by atoms with Crippen LogP contribution in [-0.4, -0.2) is 42.9 Å². The van der Waals surface area contributed by atoms with E-state index < -0.39 is 6.10 Å². The molecule has 102 valence electrons. The first-order chi connectivity index (χ1) is 8.67. The number of hydrogen-bond acceptors (Lipinski definition) is 4. The van der Waals surface area contributed by atoms with Gasteiger partial charge in [-0.1, -0.05) is 19.1 Å². The number of hydrogen-bond donors (Lipinski definition) is 2. The Morgan fingerprint density at radius 1 is 1.39 bits per heavy atom. The Labute approximate surface area is 109 Å². The van der Waals surface area contributed by atoms with Crippen LogP contribution >= 0.6 is 0 Å². The minimum absolute atomic E-state index is 0.505. The van der Waals surface area contributed by atoms with E-state index in [0.29, 0.717) is 18.8 Å². The van der Waals surface area contributed by atoms with E-state index in [-0.39, 0.29) is 0 Å². The first kappa shape index (κ1) is 15.0. The van der Waals surface area contributed by atoms with Gasteiger partial charge >= 0.3 is 0 Å². The standard InChI is InChI=1S/C14H24N2O2/c1-3-16(8-9-18-4-2)11-14(17)12-6-5-7-13(15)10-12/h5-7,10,14,17H,3-4,8-9,11,15H2,1-2H3. The van der Waals surface area contributed by atoms with Crippen molar-refractivity contribution < 1.29 is 9.84 Å². The van der Waals surface area contributed by atoms with Crippen LogP contribution in [0.25, 0.3) is 0 Å². The smallest absolute Gasteiger partial charge is 0.0917 e. The summed E-state index contributed by atoms with van der Waals surface area (Å²) in [6.45, 7) is 7.84. The maximum atomic E-state index is 10.2. The van der Waals surface area contributed by atoms with Gasteiger partial charge in [-0.05, 0) is 31.2 Å². The van der Waals surface area contributed by atoms with Crippen LogP contribution in [0, 0.1) is 0 Å². The monoisotopic (exact) mass is 252 g/mol. The van der Waals surface area contributed by atoms with Gasteiger partial charge in [0.2, 0.25) is 0 Å². The molecule has 0 radical (unpaired) electrons. The Morgan fingerprint density at radius 3 is 2.78 bits per heavy atom. The highest BCUT2D eigenvalue weighted by molar-refractivity contribution is 5.41. The molecule has 0 saturated heterocycles. The van der Waals surface area contributed by atoms with Gasteiger partial charge in [-0.15, -0.1) is 0 Å². The third-order valence-corrected chi connectivity index (χ3v) is 2.93. The molecule has 0 aliphatic carbocycles. The first-order valence-electron chi connectivity index (χ1n) is 6.51. The molecular formula is C14H24N2O2. The molecule has 0 aliphatic rings. The average molecular weight is 252 g/mol. The summed E-state index contributed by atoms with van der Waals surface area (Å²) in [5.41, 5.74) is 7.26. The largest absolute Gasteiger partial charge is 0.399 e. The SMILES string of the molecule is CCOCCN(CC)CC(O)c1cccc(N)c1. The lowest BCUT2D eigenvalue weighted by Crippen LogP contribution is -2.31. The van der Waals surface area contributed by atoms with Crippen molar-refractivity contribution in [2.75, 3.05) is 38.6 Å². The molecule has 0 bridgehead atoms. The molecule has 1 aromatic carbocycles. The highest BCUT2D eigenvalue weighted by Gasteiger charge is 2.12. The molecule has 18 heavy (non-hydrogen) atoms. The van der Waals surface area contributed by atoms with E-state index >= 15 is 0 Å². The molecule has 1 atom stereocenters. The summed E-state index contributed by atoms with van der Waals surface area (Å²) >= 11 is 0. The number of nitrogens with zero attached hydrogens (tertiary/aromatic N) is 1. The number of ether oxygens (including phenoxy) is 1. The summed E-state index contributed by atoms with van der Waals surface area (Å²) in [4.78, 5) is 2.17. The van der Waals surface area contributed by atoms with Gasteiger partial charge in [0.25, 0.3) is 0 Å². The van der Waals surface area contributed by atoms with Crippen molar-refractivity contribution in [1.82, 2.24) is 4.90 Å². The maximum absolute atomic E-state index is 10.2. The van der Waals surface area contributed by atoms with E-state index in [1.54, 1.807) is 0 Å². The van der Waals surface area contributed by atoms with Gasteiger partial charge in [-0.2, -0.15) is 0 Å². The zero-order valence-electron chi connectivity index (χ0n) is 11.3. The van der Waals surface area contributed by atoms with Gasteiger partial charge in [0, 0.05) is 25.4 Å². The Kier molecular flexibility index (Phi) is 6.72. The van der Waals surface area contributed by atoms with Crippen LogP contribution in [0.3, 0.4) is 0 Å². The number of rotatable bonds is 8. The van der Waals surface area contributed by atoms with Crippen molar-refractivity contribution in [3.8, 4) is 0 Å². The number of nitrogen functional groups attached to an aromatic ring is 1. The van der Waals surface area contributed by atoms with Crippen molar-refractivity contribution in [1.29, 1.82) is 0 Å². The second-order valence-electron chi connectivity index (χ2n) is 4.28. The molecule has 4 nitrogen and oxygen atoms in total. The Morgan fingerprint density at radius 2 is 2.17 bits per heavy atom. The third kappa shape index (κ3) is 5.04. The number of anilines is 1. The first-order valence-corrected chi connectivity index (χ1v) is 6.51. The van der Waals surface area contributed by atoms with Crippen molar-refractivity contribution in [2.45, 2.75) is 20.0 Å². The highest BCUT2D eigenvalue weighted by Crippen LogP contribution is 2.16. The summed E-state index contributed by atoms with van der Waals surface area (Å²) in [5, 5.41) is 10.2. The minimum atomic E-state index is -0.505. The maximum Gasteiger partial charge on any atom is 0.0917 e. The van der Waals surface area contributed by atoms with Gasteiger partial charge < -0.3 is 15.6 Å². The number of aliphatic hydroxyl groups excluding tert-OH is 1. The van der Waals surface area contributed by atoms with Crippen molar-refractivity contribution in [3.05, 3.63) is 29.8 Å². The quantitative estimate of drug-likeness (QED) is 0.546. The average Bonchev–Trinajstić information content (AvgIpc) is 2.37. The third-order valence-electron chi connectivity index (χ3n) is 2.93. The van der Waals surface area contributed by atoms with E-state index in [4.69, 9.17) is 10.5 Å². The topological polar surface area (TPSA) is 58.7 Å². The lowest BCUT2D eigenvalue weighted by atomic mass is 10.1. The van der Waals surface area contributed by atoms with Gasteiger partial charge in [-0.25, -0.2) is 0 Å². The molecule has 0 fully saturated rings. The van der Waals surface area contributed by atoms with Crippen LogP contribution in [0.1, 0.15) is 25.5 Å². The van der Waals surface area contributed by atoms with Crippen LogP contribution in [-0.2, 0) is 4.74 Å². The van der Waals surface area contributed by atoms with E-state index in [2.05, 4.69) is 11.8 Å². The number of nitrogens with two attached hydrogens (primary N) is 1. The number of likely N-dealkylation sites (N-methyl/N-ethyl adjacent to an activating group) is 1. The second-order valence-corrected chi connectivity index (χ2v) is 4.28. The minimum Gasteiger partial charge on any atom is -0.399 e. The predicted octanol–water partition coefficient (Wildman–Crippen LogP) is 1.66. The lowest BCUT2D eigenvalue weighted by molar-refractivity contribution is 0.0792. The lowest BCUT2D eigenvalue weighted by Gasteiger charge is -2.23. The molecule has 1 unspecified atom stereocenters. The Bertz CT molecular complexity index is 344. The van der Waals surface area contributed by atoms with E-state index in [9.17, 15) is 5.11 Å². The summed E-state index contributed by atoms with van der Waals surface area (Å²) in [6, 6.07) is 7.41. The molecule has 0 spiro atoms. The van der Waals surface area contributed by atoms with Crippen molar-refractivity contribution in [2.24, 2.45) is 0 Å². The molecular weight excluding hydrogens is 228 g/mol. The summed E-state index contributed by atoms with van der Waals surface area (Å²) in [7, 11) is 0. The fourth-order valence-electron chi connectivity index (χ4n) is 1.83. The molecule has 1 rings (SSSR count). The zero-order chi connectivity index (χ0) is 13.4. The summed E-state index contributed by atoms with van der Waals surface area (Å²) in [6.07, 6.45) is -0.505. The van der Waals surface area contributed by atoms with Crippen LogP contribution < -0.4 is 5.73 Å². The molecule has 0 aliphatic heterocycles. The summed E-state index contributed by atoms with van der Waals surface area (Å²) in [5.74, 6) is 0. The van der Waals surface area contributed by atoms with Crippen LogP contribution in [0.5, 0.6) is 0 Å². The predicted molar refractivity (Wildman–Crippen MR) is 74.4 cm³/mol. The molecule has 0 aromatic heterocycles. The Balaban J connectivity index is 2.48. The van der Waals surface area contributed by atoms with Gasteiger partial charge in [0.1, 0.15) is 0 Å². The zero-order valence-corrected chi connectivity index (χ0v) is 11.3. The van der Waals surface area contributed by atoms with E-state index in [0.717, 1.165) is 25.3 Å². The molecule has 4 heteroatoms. The molecule has 0 saturated carbocycles. The van der Waals surface area contributed by atoms with Crippen molar-refractivity contribution >= 4 is 5.69 Å². The Hall–Kier alpha value is -1.10. The fraction of sp³-hybridized carbons (Fsp3) is 0.571. The van der Waals surface area contributed by atoms with E-state index in [1.165, 1.54) is 0 Å². The van der Waals surface area contributed by atoms with E-state index in [1.807, 2.05) is 31.2 Å². The van der Waals surface area contributed by atoms with Gasteiger partial charge in [0.05, 0.1) is 12.7 Å². The summed E-state index contributed by atoms with van der Waals surface area (Å²) < 4.78 is 5.33. The highest BCUT2D eigenvalue weighted by atomic mass is 16.5. The van der Waals surface area contributed by atoms with Crippen LogP contribution in [0.2, 0.25) is 0 Å². The number of benzene rings is 1. The van der Waals surface area contributed by atoms with Crippen LogP contribution in [0.4, 0.5) is 5.69 Å². The fourth-order valence-corrected chi connectivity index (χ4v) is 1.83. The normalized spacial score (nSPS) is 12.9.